The molecule has 2 aromatic rings. The second-order valence-electron chi connectivity index (χ2n) is 5.82. The highest BCUT2D eigenvalue weighted by atomic mass is 16.1. The third-order valence-corrected chi connectivity index (χ3v) is 4.35. The number of carbonyl (C=O) groups is 1. The van der Waals surface area contributed by atoms with Crippen LogP contribution in [-0.4, -0.2) is 10.8 Å². The van der Waals surface area contributed by atoms with Crippen LogP contribution in [0, 0.1) is 5.92 Å². The Labute approximate surface area is 120 Å². The number of pyridine rings is 1. The lowest BCUT2D eigenvalue weighted by atomic mass is 9.86. The summed E-state index contributed by atoms with van der Waals surface area (Å²) < 4.78 is 0. The average Bonchev–Trinajstić information content (AvgIpc) is 2.46. The normalized spacial score (nSPS) is 17.6. The van der Waals surface area contributed by atoms with E-state index in [1.807, 2.05) is 30.3 Å². The third kappa shape index (κ3) is 2.90. The summed E-state index contributed by atoms with van der Waals surface area (Å²) >= 11 is 0. The molecule has 1 aliphatic rings. The summed E-state index contributed by atoms with van der Waals surface area (Å²) in [5.74, 6) is 0.503. The molecule has 1 aromatic heterocycles. The van der Waals surface area contributed by atoms with Crippen molar-refractivity contribution in [2.75, 3.05) is 0 Å². The van der Waals surface area contributed by atoms with Crippen molar-refractivity contribution in [3.05, 3.63) is 42.1 Å². The van der Waals surface area contributed by atoms with Gasteiger partial charge in [0, 0.05) is 23.1 Å². The molecule has 0 spiro atoms. The molecule has 2 nitrogen and oxygen atoms in total. The predicted molar refractivity (Wildman–Crippen MR) is 81.9 cm³/mol. The number of para-hydroxylation sites is 1. The maximum atomic E-state index is 12.7. The zero-order valence-corrected chi connectivity index (χ0v) is 11.8. The quantitative estimate of drug-likeness (QED) is 0.733. The molecular formula is C18H21NO. The Balaban J connectivity index is 1.83. The van der Waals surface area contributed by atoms with Gasteiger partial charge in [-0.25, -0.2) is 0 Å². The number of fused-ring (bicyclic) bond motifs is 1. The first-order chi connectivity index (χ1) is 9.84. The molecule has 1 saturated carbocycles. The number of nitrogens with zero attached hydrogens (tertiary/aromatic N) is 1. The lowest BCUT2D eigenvalue weighted by Gasteiger charge is -2.18. The number of ketones is 1. The fourth-order valence-electron chi connectivity index (χ4n) is 3.16. The number of benzene rings is 1. The van der Waals surface area contributed by atoms with Gasteiger partial charge in [0.1, 0.15) is 0 Å². The highest BCUT2D eigenvalue weighted by molar-refractivity contribution is 6.00. The van der Waals surface area contributed by atoms with Crippen LogP contribution in [0.2, 0.25) is 0 Å². The minimum atomic E-state index is 0.207. The second kappa shape index (κ2) is 6.17. The van der Waals surface area contributed by atoms with Crippen molar-refractivity contribution in [3.8, 4) is 0 Å². The van der Waals surface area contributed by atoms with Crippen LogP contribution in [0.3, 0.4) is 0 Å². The van der Waals surface area contributed by atoms with Crippen molar-refractivity contribution in [1.29, 1.82) is 0 Å². The van der Waals surface area contributed by atoms with E-state index in [1.165, 1.54) is 32.1 Å². The minimum Gasteiger partial charge on any atom is -0.294 e. The van der Waals surface area contributed by atoms with Crippen LogP contribution >= 0.6 is 0 Å². The Morgan fingerprint density at radius 2 is 1.70 bits per heavy atom. The Morgan fingerprint density at radius 1 is 1.00 bits per heavy atom. The van der Waals surface area contributed by atoms with Crippen molar-refractivity contribution in [2.45, 2.75) is 44.9 Å². The van der Waals surface area contributed by atoms with E-state index >= 15 is 0 Å². The molecule has 0 unspecified atom stereocenters. The fraction of sp³-hybridized carbons (Fsp3) is 0.444. The lowest BCUT2D eigenvalue weighted by molar-refractivity contribution is 0.0898. The van der Waals surface area contributed by atoms with Gasteiger partial charge in [-0.05, 0) is 25.0 Å². The molecule has 3 rings (SSSR count). The molecule has 1 fully saturated rings. The molecule has 1 heterocycles. The molecule has 0 radical (unpaired) electrons. The van der Waals surface area contributed by atoms with Gasteiger partial charge in [0.2, 0.25) is 0 Å². The molecule has 0 aliphatic heterocycles. The number of aromatic nitrogens is 1. The number of Topliss-reactive ketones (excluding diaryl/α,β-unsaturated/α-hetero) is 1. The summed E-state index contributed by atoms with van der Waals surface area (Å²) in [4.78, 5) is 17.1. The summed E-state index contributed by atoms with van der Waals surface area (Å²) in [6.07, 6.45) is 10.1. The number of hydrogen-bond acceptors (Lipinski definition) is 2. The van der Waals surface area contributed by atoms with Gasteiger partial charge in [0.15, 0.2) is 5.78 Å². The molecule has 1 aliphatic carbocycles. The topological polar surface area (TPSA) is 30.0 Å². The molecule has 0 atom stereocenters. The molecular weight excluding hydrogens is 246 g/mol. The zero-order valence-electron chi connectivity index (χ0n) is 11.8. The van der Waals surface area contributed by atoms with Crippen molar-refractivity contribution >= 4 is 16.7 Å². The summed E-state index contributed by atoms with van der Waals surface area (Å²) in [5.41, 5.74) is 1.75. The monoisotopic (exact) mass is 267 g/mol. The summed E-state index contributed by atoms with van der Waals surface area (Å²) in [6.45, 7) is 0. The maximum Gasteiger partial charge on any atom is 0.167 e. The van der Waals surface area contributed by atoms with Gasteiger partial charge in [0.25, 0.3) is 0 Å². The summed E-state index contributed by atoms with van der Waals surface area (Å²) in [6, 6.07) is 9.99. The van der Waals surface area contributed by atoms with Crippen LogP contribution in [0.5, 0.6) is 0 Å². The van der Waals surface area contributed by atoms with E-state index < -0.39 is 0 Å². The smallest absolute Gasteiger partial charge is 0.167 e. The number of rotatable bonds is 2. The van der Waals surface area contributed by atoms with Gasteiger partial charge in [-0.3, -0.25) is 9.78 Å². The van der Waals surface area contributed by atoms with Crippen molar-refractivity contribution in [1.82, 2.24) is 4.98 Å². The highest BCUT2D eigenvalue weighted by Gasteiger charge is 2.21. The van der Waals surface area contributed by atoms with Crippen molar-refractivity contribution in [2.24, 2.45) is 5.92 Å². The van der Waals surface area contributed by atoms with Crippen molar-refractivity contribution in [3.63, 3.8) is 0 Å². The van der Waals surface area contributed by atoms with Crippen LogP contribution in [0.1, 0.15) is 55.3 Å². The molecule has 20 heavy (non-hydrogen) atoms. The summed E-state index contributed by atoms with van der Waals surface area (Å²) in [5, 5.41) is 1.06. The summed E-state index contributed by atoms with van der Waals surface area (Å²) in [7, 11) is 0. The zero-order chi connectivity index (χ0) is 13.8. The van der Waals surface area contributed by atoms with Crippen LogP contribution < -0.4 is 0 Å². The first-order valence-corrected chi connectivity index (χ1v) is 7.73. The van der Waals surface area contributed by atoms with E-state index in [0.29, 0.717) is 5.78 Å². The van der Waals surface area contributed by atoms with Gasteiger partial charge in [-0.2, -0.15) is 0 Å². The molecule has 0 bridgehead atoms. The van der Waals surface area contributed by atoms with E-state index in [2.05, 4.69) is 4.98 Å². The lowest BCUT2D eigenvalue weighted by Crippen LogP contribution is -2.16. The Hall–Kier alpha value is -1.70. The van der Waals surface area contributed by atoms with E-state index in [9.17, 15) is 4.79 Å². The second-order valence-corrected chi connectivity index (χ2v) is 5.82. The van der Waals surface area contributed by atoms with Gasteiger partial charge in [-0.15, -0.1) is 0 Å². The maximum absolute atomic E-state index is 12.7. The Kier molecular flexibility index (Phi) is 4.10. The molecule has 0 N–H and O–H groups in total. The SMILES string of the molecule is O=C(c1cnc2ccccc2c1)C1CCCCCCC1. The first-order valence-electron chi connectivity index (χ1n) is 7.73. The van der Waals surface area contributed by atoms with Gasteiger partial charge in [0.05, 0.1) is 5.52 Å². The van der Waals surface area contributed by atoms with E-state index in [4.69, 9.17) is 0 Å². The predicted octanol–water partition coefficient (Wildman–Crippen LogP) is 4.78. The van der Waals surface area contributed by atoms with Crippen LogP contribution in [0.25, 0.3) is 10.9 Å². The fourth-order valence-corrected chi connectivity index (χ4v) is 3.16. The molecule has 104 valence electrons. The molecule has 1 aromatic carbocycles. The molecule has 0 saturated heterocycles. The Morgan fingerprint density at radius 3 is 2.50 bits per heavy atom. The van der Waals surface area contributed by atoms with Crippen LogP contribution in [0.4, 0.5) is 0 Å². The standard InChI is InChI=1S/C18H21NO/c20-18(14-8-4-2-1-3-5-9-14)16-12-15-10-6-7-11-17(15)19-13-16/h6-7,10-14H,1-5,8-9H2. The van der Waals surface area contributed by atoms with E-state index in [-0.39, 0.29) is 5.92 Å². The van der Waals surface area contributed by atoms with Crippen molar-refractivity contribution < 1.29 is 4.79 Å². The number of carbonyl (C=O) groups excluding carboxylic acids is 1. The average molecular weight is 267 g/mol. The third-order valence-electron chi connectivity index (χ3n) is 4.35. The minimum absolute atomic E-state index is 0.207. The largest absolute Gasteiger partial charge is 0.294 e. The van der Waals surface area contributed by atoms with E-state index in [0.717, 1.165) is 29.3 Å². The Bertz CT molecular complexity index is 597. The van der Waals surface area contributed by atoms with Crippen LogP contribution in [0.15, 0.2) is 36.5 Å². The van der Waals surface area contributed by atoms with Gasteiger partial charge < -0.3 is 0 Å². The van der Waals surface area contributed by atoms with Gasteiger partial charge >= 0.3 is 0 Å². The highest BCUT2D eigenvalue weighted by Crippen LogP contribution is 2.26. The van der Waals surface area contributed by atoms with Gasteiger partial charge in [-0.1, -0.05) is 50.3 Å². The molecule has 2 heteroatoms. The number of hydrogen-bond donors (Lipinski definition) is 0. The van der Waals surface area contributed by atoms with E-state index in [1.54, 1.807) is 6.20 Å². The first kappa shape index (κ1) is 13.3. The van der Waals surface area contributed by atoms with Crippen LogP contribution in [-0.2, 0) is 0 Å². The molecule has 0 amide bonds.